The molecule has 0 spiro atoms. The van der Waals surface area contributed by atoms with Gasteiger partial charge in [-0.05, 0) is 73.2 Å². The molecule has 10 nitrogen and oxygen atoms in total. The SMILES string of the molecule is Cc1ccc(F)c(NC(=O)Nc2ccc(N(C)c3ccnc(Nc4cccc(S(N)(=O)=O)c4)n3)cc2)c1. The highest BCUT2D eigenvalue weighted by Crippen LogP contribution is 2.25. The van der Waals surface area contributed by atoms with E-state index in [9.17, 15) is 17.6 Å². The average Bonchev–Trinajstić information content (AvgIpc) is 2.86. The summed E-state index contributed by atoms with van der Waals surface area (Å²) in [4.78, 5) is 22.7. The lowest BCUT2D eigenvalue weighted by atomic mass is 10.2. The number of primary sulfonamides is 1. The van der Waals surface area contributed by atoms with Crippen molar-refractivity contribution in [2.75, 3.05) is 27.9 Å². The number of nitrogens with two attached hydrogens (primary N) is 1. The Hall–Kier alpha value is -4.55. The van der Waals surface area contributed by atoms with E-state index in [0.717, 1.165) is 11.3 Å². The van der Waals surface area contributed by atoms with Crippen LogP contribution in [0.15, 0.2) is 83.9 Å². The van der Waals surface area contributed by atoms with Crippen molar-refractivity contribution in [1.29, 1.82) is 0 Å². The molecule has 1 aromatic heterocycles. The summed E-state index contributed by atoms with van der Waals surface area (Å²) in [6.45, 7) is 1.81. The van der Waals surface area contributed by atoms with Crippen LogP contribution in [0.4, 0.5) is 43.7 Å². The highest BCUT2D eigenvalue weighted by atomic mass is 32.2. The Morgan fingerprint density at radius 3 is 2.46 bits per heavy atom. The zero-order valence-corrected chi connectivity index (χ0v) is 20.8. The average molecular weight is 522 g/mol. The normalized spacial score (nSPS) is 11.0. The molecule has 0 saturated heterocycles. The number of benzene rings is 3. The van der Waals surface area contributed by atoms with Gasteiger partial charge in [-0.1, -0.05) is 12.1 Å². The highest BCUT2D eigenvalue weighted by molar-refractivity contribution is 7.89. The molecule has 1 heterocycles. The van der Waals surface area contributed by atoms with Gasteiger partial charge >= 0.3 is 6.03 Å². The van der Waals surface area contributed by atoms with Gasteiger partial charge < -0.3 is 20.9 Å². The maximum absolute atomic E-state index is 13.9. The van der Waals surface area contributed by atoms with Gasteiger partial charge in [-0.3, -0.25) is 0 Å². The molecule has 4 rings (SSSR count). The van der Waals surface area contributed by atoms with Crippen molar-refractivity contribution in [3.8, 4) is 0 Å². The van der Waals surface area contributed by atoms with Gasteiger partial charge in [0, 0.05) is 30.3 Å². The van der Waals surface area contributed by atoms with Crippen molar-refractivity contribution in [3.05, 3.63) is 90.4 Å². The molecule has 37 heavy (non-hydrogen) atoms. The van der Waals surface area contributed by atoms with E-state index in [1.54, 1.807) is 72.6 Å². The number of nitrogens with zero attached hydrogens (tertiary/aromatic N) is 3. The molecule has 3 aromatic carbocycles. The van der Waals surface area contributed by atoms with Crippen LogP contribution in [0.5, 0.6) is 0 Å². The van der Waals surface area contributed by atoms with Crippen LogP contribution in [0.2, 0.25) is 0 Å². The number of sulfonamides is 1. The Kier molecular flexibility index (Phi) is 7.32. The van der Waals surface area contributed by atoms with Gasteiger partial charge in [0.25, 0.3) is 0 Å². The topological polar surface area (TPSA) is 142 Å². The minimum Gasteiger partial charge on any atom is -0.329 e. The Bertz CT molecular complexity index is 1550. The number of rotatable bonds is 7. The predicted octanol–water partition coefficient (Wildman–Crippen LogP) is 4.73. The van der Waals surface area contributed by atoms with Crippen LogP contribution in [-0.4, -0.2) is 31.5 Å². The molecule has 0 atom stereocenters. The van der Waals surface area contributed by atoms with Crippen molar-refractivity contribution in [2.45, 2.75) is 11.8 Å². The minimum atomic E-state index is -3.84. The summed E-state index contributed by atoms with van der Waals surface area (Å²) >= 11 is 0. The van der Waals surface area contributed by atoms with E-state index in [-0.39, 0.29) is 16.5 Å². The number of carbonyl (C=O) groups is 1. The van der Waals surface area contributed by atoms with Crippen molar-refractivity contribution < 1.29 is 17.6 Å². The molecule has 190 valence electrons. The van der Waals surface area contributed by atoms with Crippen LogP contribution in [0.1, 0.15) is 5.56 Å². The first-order valence-electron chi connectivity index (χ1n) is 11.0. The number of nitrogens with one attached hydrogen (secondary N) is 3. The first-order valence-corrected chi connectivity index (χ1v) is 12.5. The first-order chi connectivity index (χ1) is 17.6. The fourth-order valence-electron chi connectivity index (χ4n) is 3.40. The number of aromatic nitrogens is 2. The molecule has 0 unspecified atom stereocenters. The van der Waals surface area contributed by atoms with Crippen molar-refractivity contribution in [3.63, 3.8) is 0 Å². The van der Waals surface area contributed by atoms with Crippen LogP contribution in [0.25, 0.3) is 0 Å². The molecule has 0 bridgehead atoms. The number of urea groups is 1. The molecule has 5 N–H and O–H groups in total. The summed E-state index contributed by atoms with van der Waals surface area (Å²) in [5.41, 5.74) is 2.67. The number of aryl methyl sites for hydroxylation is 1. The van der Waals surface area contributed by atoms with E-state index in [1.165, 1.54) is 18.2 Å². The largest absolute Gasteiger partial charge is 0.329 e. The first kappa shape index (κ1) is 25.5. The summed E-state index contributed by atoms with van der Waals surface area (Å²) in [5, 5.41) is 13.3. The molecular formula is C25H24FN7O3S. The summed E-state index contributed by atoms with van der Waals surface area (Å²) in [5.74, 6) is 0.302. The lowest BCUT2D eigenvalue weighted by Gasteiger charge is -2.19. The molecule has 0 aliphatic rings. The number of hydrogen-bond acceptors (Lipinski definition) is 7. The van der Waals surface area contributed by atoms with Crippen LogP contribution in [0.3, 0.4) is 0 Å². The lowest BCUT2D eigenvalue weighted by molar-refractivity contribution is 0.262. The third kappa shape index (κ3) is 6.57. The second kappa shape index (κ2) is 10.6. The summed E-state index contributed by atoms with van der Waals surface area (Å²) in [7, 11) is -2.03. The van der Waals surface area contributed by atoms with Crippen molar-refractivity contribution >= 4 is 50.6 Å². The van der Waals surface area contributed by atoms with E-state index in [2.05, 4.69) is 25.9 Å². The summed E-state index contributed by atoms with van der Waals surface area (Å²) in [6.07, 6.45) is 1.56. The van der Waals surface area contributed by atoms with Gasteiger partial charge in [0.2, 0.25) is 16.0 Å². The zero-order chi connectivity index (χ0) is 26.6. The Morgan fingerprint density at radius 2 is 1.73 bits per heavy atom. The molecule has 0 fully saturated rings. The lowest BCUT2D eigenvalue weighted by Crippen LogP contribution is -2.20. The third-order valence-electron chi connectivity index (χ3n) is 5.29. The number of halogens is 1. The van der Waals surface area contributed by atoms with Gasteiger partial charge in [0.05, 0.1) is 10.6 Å². The maximum atomic E-state index is 13.9. The number of hydrogen-bond donors (Lipinski definition) is 4. The monoisotopic (exact) mass is 521 g/mol. The fraction of sp³-hybridized carbons (Fsp3) is 0.0800. The Morgan fingerprint density at radius 1 is 0.973 bits per heavy atom. The third-order valence-corrected chi connectivity index (χ3v) is 6.20. The minimum absolute atomic E-state index is 0.0304. The molecular weight excluding hydrogens is 497 g/mol. The van der Waals surface area contributed by atoms with Gasteiger partial charge in [0.15, 0.2) is 0 Å². The van der Waals surface area contributed by atoms with Crippen LogP contribution < -0.4 is 26.0 Å². The van der Waals surface area contributed by atoms with E-state index in [4.69, 9.17) is 5.14 Å². The van der Waals surface area contributed by atoms with Crippen molar-refractivity contribution in [1.82, 2.24) is 9.97 Å². The van der Waals surface area contributed by atoms with E-state index >= 15 is 0 Å². The Balaban J connectivity index is 1.43. The Labute approximate surface area is 213 Å². The highest BCUT2D eigenvalue weighted by Gasteiger charge is 2.12. The van der Waals surface area contributed by atoms with Gasteiger partial charge in [-0.2, -0.15) is 4.98 Å². The van der Waals surface area contributed by atoms with Gasteiger partial charge in [-0.15, -0.1) is 0 Å². The predicted molar refractivity (Wildman–Crippen MR) is 141 cm³/mol. The maximum Gasteiger partial charge on any atom is 0.323 e. The van der Waals surface area contributed by atoms with Gasteiger partial charge in [-0.25, -0.2) is 27.7 Å². The van der Waals surface area contributed by atoms with Gasteiger partial charge in [0.1, 0.15) is 11.6 Å². The van der Waals surface area contributed by atoms with E-state index in [1.807, 2.05) is 7.05 Å². The zero-order valence-electron chi connectivity index (χ0n) is 19.9. The quantitative estimate of drug-likeness (QED) is 0.275. The number of anilines is 6. The number of carbonyl (C=O) groups excluding carboxylic acids is 1. The second-order valence-electron chi connectivity index (χ2n) is 8.10. The summed E-state index contributed by atoms with van der Waals surface area (Å²) < 4.78 is 37.1. The number of amides is 2. The second-order valence-corrected chi connectivity index (χ2v) is 9.67. The van der Waals surface area contributed by atoms with Crippen LogP contribution in [0, 0.1) is 12.7 Å². The molecule has 0 aliphatic heterocycles. The molecule has 0 aliphatic carbocycles. The summed E-state index contributed by atoms with van der Waals surface area (Å²) in [6, 6.07) is 18.6. The molecule has 0 radical (unpaired) electrons. The van der Waals surface area contributed by atoms with Crippen molar-refractivity contribution in [2.24, 2.45) is 5.14 Å². The standard InChI is InChI=1S/C25H24FN7O3S/c1-16-6-11-21(26)22(14-16)31-25(34)30-17-7-9-19(10-8-17)33(2)23-12-13-28-24(32-23)29-18-4-3-5-20(15-18)37(27,35)36/h3-15H,1-2H3,(H2,27,35,36)(H,28,29,32)(H2,30,31,34). The fourth-order valence-corrected chi connectivity index (χ4v) is 3.96. The van der Waals surface area contributed by atoms with E-state index in [0.29, 0.717) is 17.2 Å². The van der Waals surface area contributed by atoms with Crippen LogP contribution in [-0.2, 0) is 10.0 Å². The molecule has 12 heteroatoms. The molecule has 4 aromatic rings. The van der Waals surface area contributed by atoms with E-state index < -0.39 is 21.9 Å². The smallest absolute Gasteiger partial charge is 0.323 e. The molecule has 0 saturated carbocycles. The van der Waals surface area contributed by atoms with Crippen LogP contribution >= 0.6 is 0 Å². The molecule has 2 amide bonds.